The molecule has 0 saturated heterocycles. The third kappa shape index (κ3) is 8.39. The summed E-state index contributed by atoms with van der Waals surface area (Å²) in [6.45, 7) is 2.61. The minimum absolute atomic E-state index is 0.438. The molecule has 7 nitrogen and oxygen atoms in total. The summed E-state index contributed by atoms with van der Waals surface area (Å²) in [6.07, 6.45) is 2.45. The Morgan fingerprint density at radius 2 is 1.79 bits per heavy atom. The van der Waals surface area contributed by atoms with E-state index in [1.807, 2.05) is 26.2 Å². The summed E-state index contributed by atoms with van der Waals surface area (Å²) in [7, 11) is 5.38. The van der Waals surface area contributed by atoms with Crippen LogP contribution in [0, 0.1) is 0 Å². The summed E-state index contributed by atoms with van der Waals surface area (Å²) in [4.78, 5) is 22.8. The van der Waals surface area contributed by atoms with Crippen LogP contribution in [0.25, 0.3) is 0 Å². The van der Waals surface area contributed by atoms with E-state index >= 15 is 0 Å². The van der Waals surface area contributed by atoms with E-state index in [4.69, 9.17) is 27.9 Å². The van der Waals surface area contributed by atoms with Crippen LogP contribution in [0.15, 0.2) is 24.3 Å². The van der Waals surface area contributed by atoms with E-state index in [1.54, 1.807) is 28.8 Å². The second-order valence-electron chi connectivity index (χ2n) is 6.04. The van der Waals surface area contributed by atoms with E-state index in [9.17, 15) is 9.59 Å². The molecule has 2 aromatic rings. The van der Waals surface area contributed by atoms with Crippen LogP contribution >= 0.6 is 23.2 Å². The van der Waals surface area contributed by atoms with Gasteiger partial charge in [0, 0.05) is 30.2 Å². The lowest BCUT2D eigenvalue weighted by atomic mass is 10.2. The number of halogens is 2. The Morgan fingerprint density at radius 1 is 1.14 bits per heavy atom. The second-order valence-corrected chi connectivity index (χ2v) is 6.91. The molecule has 1 aromatic carbocycles. The number of fused-ring (bicyclic) bond motifs is 1. The summed E-state index contributed by atoms with van der Waals surface area (Å²) in [5.41, 5.74) is 2.36. The number of aromatic nitrogens is 2. The lowest BCUT2D eigenvalue weighted by Gasteiger charge is -2.11. The van der Waals surface area contributed by atoms with Crippen LogP contribution in [0.2, 0.25) is 10.0 Å². The number of hydrogen-bond donors (Lipinski definition) is 1. The van der Waals surface area contributed by atoms with E-state index in [0.29, 0.717) is 28.9 Å². The minimum atomic E-state index is 0.438. The molecule has 0 saturated carbocycles. The molecule has 1 aromatic heterocycles. The molecule has 28 heavy (non-hydrogen) atoms. The topological polar surface area (TPSA) is 76.5 Å². The van der Waals surface area contributed by atoms with Crippen LogP contribution in [0.4, 0.5) is 0 Å². The summed E-state index contributed by atoms with van der Waals surface area (Å²) in [6, 6.07) is 7.09. The van der Waals surface area contributed by atoms with Gasteiger partial charge in [-0.25, -0.2) is 0 Å². The van der Waals surface area contributed by atoms with E-state index in [2.05, 4.69) is 10.4 Å². The molecule has 0 radical (unpaired) electrons. The normalized spacial score (nSPS) is 12.5. The van der Waals surface area contributed by atoms with Gasteiger partial charge in [0.1, 0.15) is 5.69 Å². The smallest absolute Gasteiger partial charge is 0.210 e. The predicted octanol–water partition coefficient (Wildman–Crippen LogP) is 3.03. The van der Waals surface area contributed by atoms with E-state index in [0.717, 1.165) is 43.5 Å². The quantitative estimate of drug-likeness (QED) is 0.757. The van der Waals surface area contributed by atoms with Crippen LogP contribution in [-0.4, -0.2) is 55.1 Å². The molecule has 1 aliphatic rings. The maximum Gasteiger partial charge on any atom is 0.210 e. The highest BCUT2D eigenvalue weighted by Crippen LogP contribution is 2.19. The van der Waals surface area contributed by atoms with Gasteiger partial charge in [-0.3, -0.25) is 14.3 Å². The van der Waals surface area contributed by atoms with Crippen LogP contribution < -0.4 is 5.32 Å². The van der Waals surface area contributed by atoms with Gasteiger partial charge in [0.15, 0.2) is 6.29 Å². The van der Waals surface area contributed by atoms with Gasteiger partial charge in [-0.05, 0) is 50.3 Å². The highest BCUT2D eigenvalue weighted by atomic mass is 35.5. The first-order valence-corrected chi connectivity index (χ1v) is 9.46. The number of ether oxygens (including phenoxy) is 1. The second kappa shape index (κ2) is 13.3. The van der Waals surface area contributed by atoms with Gasteiger partial charge in [0.25, 0.3) is 0 Å². The highest BCUT2D eigenvalue weighted by Gasteiger charge is 2.14. The number of aldehydes is 1. The fraction of sp³-hybridized carbons (Fsp3) is 0.421. The maximum absolute atomic E-state index is 10.6. The molecule has 154 valence electrons. The average Bonchev–Trinajstić information content (AvgIpc) is 2.93. The number of aryl methyl sites for hydroxylation is 1. The van der Waals surface area contributed by atoms with Crippen molar-refractivity contribution in [3.05, 3.63) is 51.3 Å². The molecule has 1 N–H and O–H groups in total. The van der Waals surface area contributed by atoms with Crippen LogP contribution in [0.1, 0.15) is 28.2 Å². The molecular formula is C19H26Cl2N4O3. The average molecular weight is 429 g/mol. The number of hydrogen-bond acceptors (Lipinski definition) is 5. The molecule has 2 heterocycles. The van der Waals surface area contributed by atoms with Gasteiger partial charge >= 0.3 is 0 Å². The molecule has 9 heteroatoms. The third-order valence-electron chi connectivity index (χ3n) is 3.57. The molecular weight excluding hydrogens is 403 g/mol. The largest absolute Gasteiger partial charge is 0.380 e. The van der Waals surface area contributed by atoms with Crippen molar-refractivity contribution in [3.8, 4) is 0 Å². The Morgan fingerprint density at radius 3 is 2.32 bits per heavy atom. The zero-order chi connectivity index (χ0) is 20.9. The summed E-state index contributed by atoms with van der Waals surface area (Å²) >= 11 is 11.5. The maximum atomic E-state index is 10.6. The molecule has 0 fully saturated rings. The first-order valence-electron chi connectivity index (χ1n) is 8.71. The molecule has 0 unspecified atom stereocenters. The first-order chi connectivity index (χ1) is 13.5. The Labute approximate surface area is 175 Å². The molecule has 3 rings (SSSR count). The summed E-state index contributed by atoms with van der Waals surface area (Å²) < 4.78 is 6.72. The molecule has 0 atom stereocenters. The minimum Gasteiger partial charge on any atom is -0.380 e. The zero-order valence-electron chi connectivity index (χ0n) is 16.3. The van der Waals surface area contributed by atoms with Crippen molar-refractivity contribution < 1.29 is 14.3 Å². The van der Waals surface area contributed by atoms with Gasteiger partial charge in [0.05, 0.1) is 18.8 Å². The number of carbonyl (C=O) groups excluding carboxylic acids is 2. The lowest BCUT2D eigenvalue weighted by molar-refractivity contribution is -0.118. The molecule has 0 aliphatic carbocycles. The van der Waals surface area contributed by atoms with Crippen LogP contribution in [0.3, 0.4) is 0 Å². The number of benzene rings is 1. The van der Waals surface area contributed by atoms with Crippen molar-refractivity contribution in [2.45, 2.75) is 26.1 Å². The Hall–Kier alpha value is -1.93. The molecule has 1 amide bonds. The lowest BCUT2D eigenvalue weighted by Crippen LogP contribution is -2.20. The SMILES string of the molecule is CNC.COCc1cc(Cl)cc(Cl)c1.O=Cc1cc2n(n1)CCCN(C=O)C2. The first kappa shape index (κ1) is 24.1. The Bertz CT molecular complexity index is 733. The number of methoxy groups -OCH3 is 1. The van der Waals surface area contributed by atoms with Crippen molar-refractivity contribution in [2.24, 2.45) is 0 Å². The van der Waals surface area contributed by atoms with E-state index < -0.39 is 0 Å². The Balaban J connectivity index is 0.000000252. The van der Waals surface area contributed by atoms with Gasteiger partial charge < -0.3 is 15.0 Å². The van der Waals surface area contributed by atoms with Crippen molar-refractivity contribution in [1.29, 1.82) is 0 Å². The standard InChI is InChI=1S/C9H11N3O2.C8H8Cl2O.C2H7N/c13-6-8-4-9-5-11(7-14)2-1-3-12(9)10-8;1-11-5-6-2-7(9)4-8(10)3-6;1-3-2/h4,6-7H,1-3,5H2;2-4H,5H2,1H3;3H,1-2H3. The number of amides is 1. The predicted molar refractivity (Wildman–Crippen MR) is 111 cm³/mol. The Kier molecular flexibility index (Phi) is 11.4. The monoisotopic (exact) mass is 428 g/mol. The van der Waals surface area contributed by atoms with Crippen LogP contribution in [0.5, 0.6) is 0 Å². The molecule has 0 spiro atoms. The molecule has 0 bridgehead atoms. The number of rotatable bonds is 4. The summed E-state index contributed by atoms with van der Waals surface area (Å²) in [5, 5.41) is 8.14. The van der Waals surface area contributed by atoms with Gasteiger partial charge in [-0.15, -0.1) is 0 Å². The fourth-order valence-electron chi connectivity index (χ4n) is 2.52. The molecule has 1 aliphatic heterocycles. The van der Waals surface area contributed by atoms with Crippen molar-refractivity contribution in [1.82, 2.24) is 20.0 Å². The van der Waals surface area contributed by atoms with Crippen molar-refractivity contribution in [3.63, 3.8) is 0 Å². The van der Waals surface area contributed by atoms with Gasteiger partial charge in [-0.2, -0.15) is 5.10 Å². The van der Waals surface area contributed by atoms with Gasteiger partial charge in [0.2, 0.25) is 6.41 Å². The van der Waals surface area contributed by atoms with E-state index in [-0.39, 0.29) is 0 Å². The van der Waals surface area contributed by atoms with Crippen LogP contribution in [-0.2, 0) is 29.2 Å². The summed E-state index contributed by atoms with van der Waals surface area (Å²) in [5.74, 6) is 0. The van der Waals surface area contributed by atoms with Gasteiger partial charge in [-0.1, -0.05) is 23.2 Å². The highest BCUT2D eigenvalue weighted by molar-refractivity contribution is 6.34. The number of carbonyl (C=O) groups is 2. The van der Waals surface area contributed by atoms with Crippen molar-refractivity contribution in [2.75, 3.05) is 27.7 Å². The van der Waals surface area contributed by atoms with Crippen molar-refractivity contribution >= 4 is 35.9 Å². The number of nitrogens with zero attached hydrogens (tertiary/aromatic N) is 3. The fourth-order valence-corrected chi connectivity index (χ4v) is 3.09. The number of nitrogens with one attached hydrogen (secondary N) is 1. The third-order valence-corrected chi connectivity index (χ3v) is 4.00. The zero-order valence-corrected chi connectivity index (χ0v) is 17.8. The van der Waals surface area contributed by atoms with E-state index in [1.165, 1.54) is 0 Å².